The summed E-state index contributed by atoms with van der Waals surface area (Å²) in [5, 5.41) is 28.6. The summed E-state index contributed by atoms with van der Waals surface area (Å²) in [5.74, 6) is -1.62. The summed E-state index contributed by atoms with van der Waals surface area (Å²) in [7, 11) is 0. The molecule has 0 amide bonds. The lowest BCUT2D eigenvalue weighted by molar-refractivity contribution is -0.134. The Morgan fingerprint density at radius 3 is 2.38 bits per heavy atom. The zero-order chi connectivity index (χ0) is 18.1. The van der Waals surface area contributed by atoms with Crippen molar-refractivity contribution in [1.29, 1.82) is 0 Å². The SMILES string of the molecule is Cc1cccc(O[C@@H]2CCNC[C@H]2O)c1C.O=C(O)/C=C/C(=O)O. The van der Waals surface area contributed by atoms with Crippen molar-refractivity contribution in [2.75, 3.05) is 13.1 Å². The van der Waals surface area contributed by atoms with Gasteiger partial charge < -0.3 is 25.4 Å². The third kappa shape index (κ3) is 6.80. The van der Waals surface area contributed by atoms with Gasteiger partial charge in [-0.1, -0.05) is 12.1 Å². The van der Waals surface area contributed by atoms with Gasteiger partial charge in [-0.15, -0.1) is 0 Å². The molecule has 1 aliphatic rings. The van der Waals surface area contributed by atoms with Gasteiger partial charge in [0.15, 0.2) is 0 Å². The third-order valence-corrected chi connectivity index (χ3v) is 3.59. The molecule has 0 unspecified atom stereocenters. The van der Waals surface area contributed by atoms with Crippen LogP contribution in [-0.4, -0.2) is 52.6 Å². The molecule has 1 heterocycles. The van der Waals surface area contributed by atoms with Crippen LogP contribution in [0.2, 0.25) is 0 Å². The Morgan fingerprint density at radius 2 is 1.83 bits per heavy atom. The minimum atomic E-state index is -1.26. The van der Waals surface area contributed by atoms with Crippen LogP contribution in [-0.2, 0) is 9.59 Å². The van der Waals surface area contributed by atoms with Crippen LogP contribution in [0.1, 0.15) is 17.5 Å². The van der Waals surface area contributed by atoms with Crippen LogP contribution >= 0.6 is 0 Å². The fourth-order valence-corrected chi connectivity index (χ4v) is 2.11. The van der Waals surface area contributed by atoms with Gasteiger partial charge in [-0.05, 0) is 44.0 Å². The van der Waals surface area contributed by atoms with Gasteiger partial charge in [-0.2, -0.15) is 0 Å². The van der Waals surface area contributed by atoms with E-state index in [2.05, 4.69) is 25.2 Å². The molecule has 1 aromatic rings. The first-order valence-electron chi connectivity index (χ1n) is 7.57. The third-order valence-electron chi connectivity index (χ3n) is 3.59. The van der Waals surface area contributed by atoms with Crippen molar-refractivity contribution in [1.82, 2.24) is 5.32 Å². The first-order valence-corrected chi connectivity index (χ1v) is 7.57. The number of aryl methyl sites for hydroxylation is 1. The number of aliphatic hydroxyl groups excluding tert-OH is 1. The fraction of sp³-hybridized carbons (Fsp3) is 0.412. The maximum absolute atomic E-state index is 9.80. The van der Waals surface area contributed by atoms with Crippen molar-refractivity contribution in [3.8, 4) is 5.75 Å². The molecule has 0 saturated carbocycles. The van der Waals surface area contributed by atoms with Crippen molar-refractivity contribution in [3.63, 3.8) is 0 Å². The number of aliphatic hydroxyl groups is 1. The summed E-state index contributed by atoms with van der Waals surface area (Å²) < 4.78 is 5.89. The number of carbonyl (C=O) groups is 2. The Kier molecular flexibility index (Phi) is 7.94. The van der Waals surface area contributed by atoms with Crippen molar-refractivity contribution < 1.29 is 29.6 Å². The second kappa shape index (κ2) is 9.69. The summed E-state index contributed by atoms with van der Waals surface area (Å²) in [4.78, 5) is 19.1. The molecule has 0 aliphatic carbocycles. The summed E-state index contributed by atoms with van der Waals surface area (Å²) >= 11 is 0. The van der Waals surface area contributed by atoms with E-state index in [0.717, 1.165) is 24.3 Å². The Bertz CT molecular complexity index is 583. The number of benzene rings is 1. The van der Waals surface area contributed by atoms with E-state index in [4.69, 9.17) is 14.9 Å². The zero-order valence-electron chi connectivity index (χ0n) is 13.7. The quantitative estimate of drug-likeness (QED) is 0.608. The largest absolute Gasteiger partial charge is 0.487 e. The highest BCUT2D eigenvalue weighted by atomic mass is 16.5. The lowest BCUT2D eigenvalue weighted by atomic mass is 10.1. The highest BCUT2D eigenvalue weighted by Gasteiger charge is 2.24. The van der Waals surface area contributed by atoms with Gasteiger partial charge in [0, 0.05) is 18.7 Å². The molecular weight excluding hydrogens is 314 g/mol. The van der Waals surface area contributed by atoms with E-state index >= 15 is 0 Å². The van der Waals surface area contributed by atoms with E-state index in [9.17, 15) is 14.7 Å². The minimum Gasteiger partial charge on any atom is -0.487 e. The maximum atomic E-state index is 9.80. The van der Waals surface area contributed by atoms with Crippen LogP contribution in [0.15, 0.2) is 30.4 Å². The summed E-state index contributed by atoms with van der Waals surface area (Å²) in [6.07, 6.45) is 1.48. The summed E-state index contributed by atoms with van der Waals surface area (Å²) in [6.45, 7) is 5.65. The predicted molar refractivity (Wildman–Crippen MR) is 88.2 cm³/mol. The topological polar surface area (TPSA) is 116 Å². The van der Waals surface area contributed by atoms with E-state index in [1.54, 1.807) is 0 Å². The first kappa shape index (κ1) is 19.7. The number of ether oxygens (including phenoxy) is 1. The lowest BCUT2D eigenvalue weighted by Gasteiger charge is -2.29. The number of β-amino-alcohol motifs (C(OH)–C–C–N with tert-alkyl or cyclic N) is 1. The Hall–Kier alpha value is -2.38. The first-order chi connectivity index (χ1) is 11.3. The maximum Gasteiger partial charge on any atom is 0.328 e. The number of carboxylic acid groups (broad SMARTS) is 2. The number of hydrogen-bond acceptors (Lipinski definition) is 5. The minimum absolute atomic E-state index is 0.0817. The molecule has 1 fully saturated rings. The molecule has 7 heteroatoms. The fourth-order valence-electron chi connectivity index (χ4n) is 2.11. The molecule has 2 rings (SSSR count). The van der Waals surface area contributed by atoms with Crippen molar-refractivity contribution in [2.45, 2.75) is 32.5 Å². The van der Waals surface area contributed by atoms with Crippen LogP contribution < -0.4 is 10.1 Å². The van der Waals surface area contributed by atoms with Gasteiger partial charge in [0.1, 0.15) is 18.0 Å². The molecule has 132 valence electrons. The van der Waals surface area contributed by atoms with Crippen LogP contribution in [0, 0.1) is 13.8 Å². The smallest absolute Gasteiger partial charge is 0.328 e. The average Bonchev–Trinajstić information content (AvgIpc) is 2.52. The highest BCUT2D eigenvalue weighted by Crippen LogP contribution is 2.23. The van der Waals surface area contributed by atoms with E-state index in [1.165, 1.54) is 5.56 Å². The summed E-state index contributed by atoms with van der Waals surface area (Å²) in [6, 6.07) is 6.03. The number of carboxylic acids is 2. The predicted octanol–water partition coefficient (Wildman–Crippen LogP) is 1.12. The van der Waals surface area contributed by atoms with Gasteiger partial charge in [0.25, 0.3) is 0 Å². The molecule has 1 aliphatic heterocycles. The van der Waals surface area contributed by atoms with Gasteiger partial charge in [-0.3, -0.25) is 0 Å². The van der Waals surface area contributed by atoms with Crippen molar-refractivity contribution >= 4 is 11.9 Å². The van der Waals surface area contributed by atoms with Gasteiger partial charge in [-0.25, -0.2) is 9.59 Å². The molecule has 0 bridgehead atoms. The molecule has 7 nitrogen and oxygen atoms in total. The van der Waals surface area contributed by atoms with E-state index in [0.29, 0.717) is 18.7 Å². The second-order valence-corrected chi connectivity index (χ2v) is 5.42. The second-order valence-electron chi connectivity index (χ2n) is 5.42. The van der Waals surface area contributed by atoms with Crippen LogP contribution in [0.3, 0.4) is 0 Å². The molecule has 24 heavy (non-hydrogen) atoms. The number of nitrogens with one attached hydrogen (secondary N) is 1. The molecule has 0 radical (unpaired) electrons. The van der Waals surface area contributed by atoms with Crippen molar-refractivity contribution in [3.05, 3.63) is 41.5 Å². The number of hydrogen-bond donors (Lipinski definition) is 4. The molecule has 1 saturated heterocycles. The van der Waals surface area contributed by atoms with Crippen LogP contribution in [0.5, 0.6) is 5.75 Å². The number of rotatable bonds is 4. The lowest BCUT2D eigenvalue weighted by Crippen LogP contribution is -2.46. The highest BCUT2D eigenvalue weighted by molar-refractivity contribution is 5.89. The Morgan fingerprint density at radius 1 is 1.21 bits per heavy atom. The van der Waals surface area contributed by atoms with E-state index < -0.39 is 18.0 Å². The van der Waals surface area contributed by atoms with Crippen molar-refractivity contribution in [2.24, 2.45) is 0 Å². The summed E-state index contributed by atoms with van der Waals surface area (Å²) in [5.41, 5.74) is 2.38. The normalized spacial score (nSPS) is 20.1. The number of piperidine rings is 1. The molecule has 1 aromatic carbocycles. The van der Waals surface area contributed by atoms with Crippen LogP contribution in [0.25, 0.3) is 0 Å². The monoisotopic (exact) mass is 337 g/mol. The molecule has 0 spiro atoms. The van der Waals surface area contributed by atoms with Gasteiger partial charge in [0.05, 0.1) is 0 Å². The van der Waals surface area contributed by atoms with Gasteiger partial charge in [0.2, 0.25) is 0 Å². The van der Waals surface area contributed by atoms with E-state index in [-0.39, 0.29) is 6.10 Å². The van der Waals surface area contributed by atoms with Gasteiger partial charge >= 0.3 is 11.9 Å². The Labute approximate surface area is 140 Å². The van der Waals surface area contributed by atoms with E-state index in [1.807, 2.05) is 12.1 Å². The van der Waals surface area contributed by atoms with Crippen LogP contribution in [0.4, 0.5) is 0 Å². The zero-order valence-corrected chi connectivity index (χ0v) is 13.7. The standard InChI is InChI=1S/C13H19NO2.C4H4O4/c1-9-4-3-5-12(10(9)2)16-13-6-7-14-8-11(13)15;5-3(6)1-2-4(7)8/h3-5,11,13-15H,6-8H2,1-2H3;1-2H,(H,5,6)(H,7,8)/b;2-1+/t11-,13-;/m1./s1. The molecule has 2 atom stereocenters. The average molecular weight is 337 g/mol. The Balaban J connectivity index is 0.000000307. The molecule has 4 N–H and O–H groups in total. The molecule has 0 aromatic heterocycles. The number of aliphatic carboxylic acids is 2. The molecular formula is C17H23NO6.